The zero-order valence-electron chi connectivity index (χ0n) is 14.7. The number of thioether (sulfide) groups is 1. The van der Waals surface area contributed by atoms with Crippen molar-refractivity contribution in [2.75, 3.05) is 12.5 Å². The van der Waals surface area contributed by atoms with E-state index in [9.17, 15) is 4.79 Å². The van der Waals surface area contributed by atoms with Gasteiger partial charge >= 0.3 is 0 Å². The number of fused-ring (bicyclic) bond motifs is 1. The summed E-state index contributed by atoms with van der Waals surface area (Å²) in [6.45, 7) is 1.87. The Bertz CT molecular complexity index is 972. The number of Topliss-reactive ketones (excluding diaryl/α,β-unsaturated/α-hetero) is 1. The smallest absolute Gasteiger partial charge is 0.210 e. The molecule has 2 aromatic carbocycles. The molecule has 1 aliphatic heterocycles. The van der Waals surface area contributed by atoms with Gasteiger partial charge in [-0.3, -0.25) is 4.79 Å². The number of nitrogens with zero attached hydrogens (tertiary/aromatic N) is 3. The van der Waals surface area contributed by atoms with Crippen LogP contribution in [0.1, 0.15) is 27.8 Å². The number of benzene rings is 2. The molecule has 0 aliphatic carbocycles. The monoisotopic (exact) mass is 400 g/mol. The number of rotatable bonds is 4. The van der Waals surface area contributed by atoms with Crippen molar-refractivity contribution in [3.8, 4) is 5.75 Å². The highest BCUT2D eigenvalue weighted by molar-refractivity contribution is 8.00. The van der Waals surface area contributed by atoms with Crippen molar-refractivity contribution in [2.45, 2.75) is 23.4 Å². The van der Waals surface area contributed by atoms with Crippen molar-refractivity contribution in [1.29, 1.82) is 0 Å². The number of carbonyl (C=O) groups is 1. The lowest BCUT2D eigenvalue weighted by molar-refractivity contribution is 0.0980. The standard InChI is InChI=1S/C19H17ClN4O2S/c1-11-21-22-19-24(11)23-16(12-5-9-15(26-2)10-6-12)18(27-19)17(25)13-3-7-14(20)8-4-13/h3-10,16,18,23H,1-2H3/t16-,18+/m1/s1. The topological polar surface area (TPSA) is 69.0 Å². The number of hydrogen-bond donors (Lipinski definition) is 1. The molecule has 4 rings (SSSR count). The van der Waals surface area contributed by atoms with Crippen molar-refractivity contribution < 1.29 is 9.53 Å². The maximum atomic E-state index is 13.2. The van der Waals surface area contributed by atoms with Crippen molar-refractivity contribution in [2.24, 2.45) is 0 Å². The van der Waals surface area contributed by atoms with Gasteiger partial charge in [-0.05, 0) is 48.9 Å². The molecule has 0 unspecified atom stereocenters. The predicted octanol–water partition coefficient (Wildman–Crippen LogP) is 3.89. The van der Waals surface area contributed by atoms with Crippen LogP contribution < -0.4 is 10.2 Å². The van der Waals surface area contributed by atoms with Crippen LogP contribution in [-0.4, -0.2) is 33.0 Å². The van der Waals surface area contributed by atoms with Gasteiger partial charge in [0.15, 0.2) is 5.78 Å². The van der Waals surface area contributed by atoms with Gasteiger partial charge in [0.2, 0.25) is 5.16 Å². The summed E-state index contributed by atoms with van der Waals surface area (Å²) in [6.07, 6.45) is 0. The molecule has 0 spiro atoms. The van der Waals surface area contributed by atoms with E-state index in [0.29, 0.717) is 15.7 Å². The van der Waals surface area contributed by atoms with Gasteiger partial charge in [-0.25, -0.2) is 4.68 Å². The number of methoxy groups -OCH3 is 1. The van der Waals surface area contributed by atoms with Gasteiger partial charge in [-0.2, -0.15) is 0 Å². The molecule has 0 saturated heterocycles. The average molecular weight is 401 g/mol. The molecule has 27 heavy (non-hydrogen) atoms. The normalized spacial score (nSPS) is 18.5. The first kappa shape index (κ1) is 17.9. The third-order valence-electron chi connectivity index (χ3n) is 4.46. The van der Waals surface area contributed by atoms with E-state index in [1.54, 1.807) is 31.4 Å². The van der Waals surface area contributed by atoms with Crippen molar-refractivity contribution in [3.63, 3.8) is 0 Å². The molecule has 1 aliphatic rings. The Balaban J connectivity index is 1.73. The van der Waals surface area contributed by atoms with E-state index in [4.69, 9.17) is 16.3 Å². The number of hydrogen-bond acceptors (Lipinski definition) is 6. The van der Waals surface area contributed by atoms with E-state index in [1.165, 1.54) is 11.8 Å². The molecule has 0 radical (unpaired) electrons. The first-order chi connectivity index (χ1) is 13.1. The highest BCUT2D eigenvalue weighted by Crippen LogP contribution is 2.39. The molecule has 1 aromatic heterocycles. The zero-order valence-corrected chi connectivity index (χ0v) is 16.3. The molecule has 138 valence electrons. The van der Waals surface area contributed by atoms with E-state index < -0.39 is 5.25 Å². The molecule has 2 heterocycles. The summed E-state index contributed by atoms with van der Waals surface area (Å²) < 4.78 is 7.07. The van der Waals surface area contributed by atoms with Crippen LogP contribution in [0.3, 0.4) is 0 Å². The van der Waals surface area contributed by atoms with Crippen LogP contribution in [-0.2, 0) is 0 Å². The second-order valence-corrected chi connectivity index (χ2v) is 7.70. The van der Waals surface area contributed by atoms with Crippen molar-refractivity contribution in [1.82, 2.24) is 14.9 Å². The highest BCUT2D eigenvalue weighted by Gasteiger charge is 2.37. The Kier molecular flexibility index (Phi) is 4.80. The molecular formula is C19H17ClN4O2S. The van der Waals surface area contributed by atoms with Gasteiger partial charge in [0.25, 0.3) is 0 Å². The molecule has 8 heteroatoms. The minimum absolute atomic E-state index is 0.0110. The largest absolute Gasteiger partial charge is 0.497 e. The fourth-order valence-corrected chi connectivity index (χ4v) is 4.33. The number of aromatic nitrogens is 3. The lowest BCUT2D eigenvalue weighted by atomic mass is 9.97. The number of ketones is 1. The maximum Gasteiger partial charge on any atom is 0.210 e. The first-order valence-electron chi connectivity index (χ1n) is 8.36. The molecule has 0 saturated carbocycles. The Hall–Kier alpha value is -2.51. The molecular weight excluding hydrogens is 384 g/mol. The van der Waals surface area contributed by atoms with Crippen LogP contribution in [0.15, 0.2) is 53.7 Å². The van der Waals surface area contributed by atoms with E-state index in [2.05, 4.69) is 15.6 Å². The van der Waals surface area contributed by atoms with Crippen molar-refractivity contribution in [3.05, 3.63) is 70.5 Å². The number of ether oxygens (including phenoxy) is 1. The molecule has 0 fully saturated rings. The average Bonchev–Trinajstić information content (AvgIpc) is 3.07. The second kappa shape index (κ2) is 7.25. The molecule has 0 amide bonds. The maximum absolute atomic E-state index is 13.2. The van der Waals surface area contributed by atoms with E-state index in [1.807, 2.05) is 35.9 Å². The zero-order chi connectivity index (χ0) is 19.0. The number of halogens is 1. The van der Waals surface area contributed by atoms with Crippen LogP contribution in [0.25, 0.3) is 0 Å². The molecule has 1 N–H and O–H groups in total. The Morgan fingerprint density at radius 3 is 2.52 bits per heavy atom. The van der Waals surface area contributed by atoms with Gasteiger partial charge in [-0.1, -0.05) is 35.5 Å². The van der Waals surface area contributed by atoms with E-state index >= 15 is 0 Å². The second-order valence-electron chi connectivity index (χ2n) is 6.15. The summed E-state index contributed by atoms with van der Waals surface area (Å²) in [5, 5.41) is 9.16. The minimum atomic E-state index is -0.393. The van der Waals surface area contributed by atoms with Gasteiger partial charge in [0.1, 0.15) is 16.8 Å². The predicted molar refractivity (Wildman–Crippen MR) is 105 cm³/mol. The molecule has 2 atom stereocenters. The van der Waals surface area contributed by atoms with E-state index in [-0.39, 0.29) is 11.8 Å². The van der Waals surface area contributed by atoms with Crippen molar-refractivity contribution >= 4 is 29.1 Å². The Morgan fingerprint density at radius 2 is 1.85 bits per heavy atom. The third kappa shape index (κ3) is 3.40. The summed E-state index contributed by atoms with van der Waals surface area (Å²) in [4.78, 5) is 13.2. The van der Waals surface area contributed by atoms with Gasteiger partial charge in [0.05, 0.1) is 13.2 Å². The lowest BCUT2D eigenvalue weighted by Crippen LogP contribution is -2.39. The summed E-state index contributed by atoms with van der Waals surface area (Å²) >= 11 is 7.37. The first-order valence-corrected chi connectivity index (χ1v) is 9.61. The van der Waals surface area contributed by atoms with E-state index in [0.717, 1.165) is 17.1 Å². The number of nitrogens with one attached hydrogen (secondary N) is 1. The SMILES string of the molecule is COc1ccc([C@H]2Nn3c(C)nnc3S[C@@H]2C(=O)c2ccc(Cl)cc2)cc1. The summed E-state index contributed by atoms with van der Waals surface area (Å²) in [7, 11) is 1.63. The number of carbonyl (C=O) groups excluding carboxylic acids is 1. The van der Waals surface area contributed by atoms with Gasteiger partial charge in [-0.15, -0.1) is 10.2 Å². The third-order valence-corrected chi connectivity index (χ3v) is 5.93. The van der Waals surface area contributed by atoms with Crippen LogP contribution in [0.4, 0.5) is 0 Å². The van der Waals surface area contributed by atoms with Crippen LogP contribution in [0.5, 0.6) is 5.75 Å². The highest BCUT2D eigenvalue weighted by atomic mass is 35.5. The summed E-state index contributed by atoms with van der Waals surface area (Å²) in [5.74, 6) is 1.52. The summed E-state index contributed by atoms with van der Waals surface area (Å²) in [6, 6.07) is 14.4. The fourth-order valence-electron chi connectivity index (χ4n) is 3.00. The fraction of sp³-hybridized carbons (Fsp3) is 0.211. The minimum Gasteiger partial charge on any atom is -0.497 e. The number of aryl methyl sites for hydroxylation is 1. The van der Waals surface area contributed by atoms with Gasteiger partial charge < -0.3 is 10.2 Å². The summed E-state index contributed by atoms with van der Waals surface area (Å²) in [5.41, 5.74) is 4.99. The van der Waals surface area contributed by atoms with Crippen LogP contribution in [0.2, 0.25) is 5.02 Å². The molecule has 6 nitrogen and oxygen atoms in total. The Morgan fingerprint density at radius 1 is 1.15 bits per heavy atom. The quantitative estimate of drug-likeness (QED) is 0.670. The van der Waals surface area contributed by atoms with Crippen LogP contribution in [0, 0.1) is 6.92 Å². The molecule has 3 aromatic rings. The lowest BCUT2D eigenvalue weighted by Gasteiger charge is -2.32. The Labute approximate surface area is 165 Å². The van der Waals surface area contributed by atoms with Crippen LogP contribution >= 0.6 is 23.4 Å². The molecule has 0 bridgehead atoms. The van der Waals surface area contributed by atoms with Gasteiger partial charge in [0, 0.05) is 10.6 Å².